The van der Waals surface area contributed by atoms with Gasteiger partial charge in [0.15, 0.2) is 0 Å². The van der Waals surface area contributed by atoms with E-state index in [4.69, 9.17) is 16.3 Å². The number of esters is 1. The van der Waals surface area contributed by atoms with Crippen molar-refractivity contribution in [3.8, 4) is 0 Å². The normalized spacial score (nSPS) is 29.6. The van der Waals surface area contributed by atoms with Crippen LogP contribution in [-0.2, 0) is 29.3 Å². The quantitative estimate of drug-likeness (QED) is 0.583. The van der Waals surface area contributed by atoms with Crippen molar-refractivity contribution in [2.24, 2.45) is 11.8 Å². The molecule has 3 aliphatic rings. The summed E-state index contributed by atoms with van der Waals surface area (Å²) in [6.45, 7) is 0. The van der Waals surface area contributed by atoms with E-state index in [1.165, 1.54) is 18.1 Å². The molecule has 0 aromatic heterocycles. The maximum atomic E-state index is 13.3. The highest BCUT2D eigenvalue weighted by molar-refractivity contribution is 6.31. The monoisotopic (exact) mass is 360 g/mol. The number of nitrogens with zero attached hydrogens (tertiary/aromatic N) is 1. The summed E-state index contributed by atoms with van der Waals surface area (Å²) in [5.41, 5.74) is -0.632. The van der Waals surface area contributed by atoms with Gasteiger partial charge in [0.2, 0.25) is 17.7 Å². The molecule has 7 nitrogen and oxygen atoms in total. The molecule has 1 spiro atoms. The van der Waals surface area contributed by atoms with Crippen LogP contribution in [0.15, 0.2) is 29.8 Å². The molecule has 8 heteroatoms. The average Bonchev–Trinajstić information content (AvgIpc) is 3.15. The molecule has 0 radical (unpaired) electrons. The van der Waals surface area contributed by atoms with E-state index < -0.39 is 40.9 Å². The van der Waals surface area contributed by atoms with Crippen LogP contribution >= 0.6 is 11.6 Å². The summed E-state index contributed by atoms with van der Waals surface area (Å²) in [4.78, 5) is 51.7. The van der Waals surface area contributed by atoms with Gasteiger partial charge in [0.1, 0.15) is 5.41 Å². The number of methoxy groups -OCH3 is 1. The molecule has 128 valence electrons. The number of amides is 3. The lowest BCUT2D eigenvalue weighted by molar-refractivity contribution is -0.139. The maximum Gasteiger partial charge on any atom is 0.334 e. The SMILES string of the molecule is COC(=O)C1=C[C@@H]2C(=O)NC(=O)[C@@H]2[C@]12C(=O)N(C)c1ccc(Cl)cc12. The fraction of sp³-hybridized carbons (Fsp3) is 0.294. The Kier molecular flexibility index (Phi) is 3.12. The lowest BCUT2D eigenvalue weighted by Gasteiger charge is -2.30. The van der Waals surface area contributed by atoms with Crippen molar-refractivity contribution in [3.63, 3.8) is 0 Å². The van der Waals surface area contributed by atoms with Gasteiger partial charge >= 0.3 is 5.97 Å². The number of ether oxygens (including phenoxy) is 1. The first-order valence-corrected chi connectivity index (χ1v) is 7.95. The highest BCUT2D eigenvalue weighted by Gasteiger charge is 2.69. The summed E-state index contributed by atoms with van der Waals surface area (Å²) in [5.74, 6) is -4.25. The van der Waals surface area contributed by atoms with E-state index in [0.717, 1.165) is 0 Å². The predicted molar refractivity (Wildman–Crippen MR) is 86.8 cm³/mol. The molecule has 0 saturated carbocycles. The van der Waals surface area contributed by atoms with E-state index in [-0.39, 0.29) is 5.57 Å². The van der Waals surface area contributed by atoms with E-state index in [1.807, 2.05) is 0 Å². The summed E-state index contributed by atoms with van der Waals surface area (Å²) in [6.07, 6.45) is 1.37. The molecule has 3 amide bonds. The van der Waals surface area contributed by atoms with Crippen LogP contribution in [0.25, 0.3) is 0 Å². The first kappa shape index (κ1) is 15.8. The number of anilines is 1. The zero-order valence-electron chi connectivity index (χ0n) is 13.3. The molecular formula is C17H13ClN2O5. The lowest BCUT2D eigenvalue weighted by atomic mass is 9.68. The number of carbonyl (C=O) groups excluding carboxylic acids is 4. The molecule has 2 aliphatic heterocycles. The molecule has 1 saturated heterocycles. The fourth-order valence-corrected chi connectivity index (χ4v) is 4.39. The zero-order chi connectivity index (χ0) is 18.1. The minimum atomic E-state index is -1.61. The van der Waals surface area contributed by atoms with Gasteiger partial charge in [-0.05, 0) is 23.8 Å². The Hall–Kier alpha value is -2.67. The van der Waals surface area contributed by atoms with Crippen LogP contribution in [0.4, 0.5) is 5.69 Å². The molecule has 1 aliphatic carbocycles. The molecule has 3 atom stereocenters. The van der Waals surface area contributed by atoms with Crippen molar-refractivity contribution in [3.05, 3.63) is 40.4 Å². The average molecular weight is 361 g/mol. The van der Waals surface area contributed by atoms with Crippen molar-refractivity contribution in [1.29, 1.82) is 0 Å². The molecule has 25 heavy (non-hydrogen) atoms. The Balaban J connectivity index is 2.07. The van der Waals surface area contributed by atoms with Gasteiger partial charge in [-0.15, -0.1) is 0 Å². The minimum absolute atomic E-state index is 0.00562. The Morgan fingerprint density at radius 3 is 2.68 bits per heavy atom. The van der Waals surface area contributed by atoms with E-state index in [9.17, 15) is 19.2 Å². The summed E-state index contributed by atoms with van der Waals surface area (Å²) >= 11 is 6.12. The standard InChI is InChI=1S/C17H13ClN2O5/c1-20-11-4-3-7(18)5-9(11)17(16(20)24)10(15(23)25-2)6-8-12(17)14(22)19-13(8)21/h3-6,8,12H,1-2H3,(H,19,21,22)/t8-,12+,17+/m0/s1. The van der Waals surface area contributed by atoms with E-state index in [1.54, 1.807) is 25.2 Å². The lowest BCUT2D eigenvalue weighted by Crippen LogP contribution is -2.49. The first-order chi connectivity index (χ1) is 11.8. The van der Waals surface area contributed by atoms with Gasteiger partial charge in [-0.3, -0.25) is 19.7 Å². The van der Waals surface area contributed by atoms with Crippen LogP contribution in [0.3, 0.4) is 0 Å². The largest absolute Gasteiger partial charge is 0.466 e. The summed E-state index contributed by atoms with van der Waals surface area (Å²) < 4.78 is 4.83. The van der Waals surface area contributed by atoms with Crippen LogP contribution < -0.4 is 10.2 Å². The van der Waals surface area contributed by atoms with Crippen LogP contribution in [0.2, 0.25) is 5.02 Å². The number of halogens is 1. The van der Waals surface area contributed by atoms with Gasteiger partial charge in [0, 0.05) is 17.8 Å². The van der Waals surface area contributed by atoms with Gasteiger partial charge in [-0.1, -0.05) is 17.7 Å². The van der Waals surface area contributed by atoms with Crippen LogP contribution in [0.1, 0.15) is 5.56 Å². The number of rotatable bonds is 1. The van der Waals surface area contributed by atoms with Crippen molar-refractivity contribution < 1.29 is 23.9 Å². The van der Waals surface area contributed by atoms with Crippen molar-refractivity contribution in [2.45, 2.75) is 5.41 Å². The molecule has 1 fully saturated rings. The molecule has 1 aromatic carbocycles. The number of hydrogen-bond donors (Lipinski definition) is 1. The summed E-state index contributed by atoms with van der Waals surface area (Å²) in [7, 11) is 2.75. The molecule has 1 aromatic rings. The second kappa shape index (κ2) is 4.92. The third-order valence-electron chi connectivity index (χ3n) is 5.22. The number of fused-ring (bicyclic) bond motifs is 4. The van der Waals surface area contributed by atoms with Gasteiger partial charge in [-0.2, -0.15) is 0 Å². The van der Waals surface area contributed by atoms with E-state index in [2.05, 4.69) is 5.32 Å². The van der Waals surface area contributed by atoms with Gasteiger partial charge in [-0.25, -0.2) is 4.79 Å². The second-order valence-electron chi connectivity index (χ2n) is 6.26. The van der Waals surface area contributed by atoms with Crippen molar-refractivity contribution >= 4 is 41.0 Å². The van der Waals surface area contributed by atoms with E-state index >= 15 is 0 Å². The molecule has 0 unspecified atom stereocenters. The Labute approximate surface area is 147 Å². The third kappa shape index (κ3) is 1.71. The first-order valence-electron chi connectivity index (χ1n) is 7.57. The van der Waals surface area contributed by atoms with Crippen LogP contribution in [0.5, 0.6) is 0 Å². The number of imide groups is 1. The predicted octanol–water partition coefficient (Wildman–Crippen LogP) is 0.556. The number of benzene rings is 1. The number of carbonyl (C=O) groups is 4. The molecule has 0 bridgehead atoms. The Morgan fingerprint density at radius 1 is 1.28 bits per heavy atom. The number of likely N-dealkylation sites (N-methyl/N-ethyl adjacent to an activating group) is 1. The Morgan fingerprint density at radius 2 is 2.00 bits per heavy atom. The van der Waals surface area contributed by atoms with Crippen molar-refractivity contribution in [2.75, 3.05) is 19.1 Å². The summed E-state index contributed by atoms with van der Waals surface area (Å²) in [5, 5.41) is 2.61. The minimum Gasteiger partial charge on any atom is -0.466 e. The van der Waals surface area contributed by atoms with Crippen molar-refractivity contribution in [1.82, 2.24) is 5.32 Å². The third-order valence-corrected chi connectivity index (χ3v) is 5.46. The Bertz CT molecular complexity index is 908. The maximum absolute atomic E-state index is 13.3. The molecule has 4 rings (SSSR count). The number of hydrogen-bond acceptors (Lipinski definition) is 5. The summed E-state index contributed by atoms with van der Waals surface area (Å²) in [6, 6.07) is 4.84. The molecular weight excluding hydrogens is 348 g/mol. The van der Waals surface area contributed by atoms with Crippen LogP contribution in [-0.4, -0.2) is 37.8 Å². The fourth-order valence-electron chi connectivity index (χ4n) is 4.22. The smallest absolute Gasteiger partial charge is 0.334 e. The highest BCUT2D eigenvalue weighted by Crippen LogP contribution is 2.58. The van der Waals surface area contributed by atoms with Crippen LogP contribution in [0, 0.1) is 11.8 Å². The number of nitrogens with one attached hydrogen (secondary N) is 1. The van der Waals surface area contributed by atoms with Gasteiger partial charge < -0.3 is 9.64 Å². The molecule has 1 N–H and O–H groups in total. The highest BCUT2D eigenvalue weighted by atomic mass is 35.5. The van der Waals surface area contributed by atoms with E-state index in [0.29, 0.717) is 16.3 Å². The zero-order valence-corrected chi connectivity index (χ0v) is 14.1. The second-order valence-corrected chi connectivity index (χ2v) is 6.70. The van der Waals surface area contributed by atoms with Gasteiger partial charge in [0.25, 0.3) is 0 Å². The topological polar surface area (TPSA) is 92.8 Å². The molecule has 2 heterocycles. The van der Waals surface area contributed by atoms with Gasteiger partial charge in [0.05, 0.1) is 24.5 Å².